The number of hydrogen-bond acceptors (Lipinski definition) is 2. The molecule has 1 rings (SSSR count). The molecule has 1 N–H and O–H groups in total. The first-order chi connectivity index (χ1) is 5.83. The van der Waals surface area contributed by atoms with Gasteiger partial charge in [0.05, 0.1) is 0 Å². The van der Waals surface area contributed by atoms with Crippen LogP contribution in [-0.4, -0.2) is 24.1 Å². The van der Waals surface area contributed by atoms with Gasteiger partial charge >= 0.3 is 0 Å². The van der Waals surface area contributed by atoms with Gasteiger partial charge in [-0.25, -0.2) is 0 Å². The summed E-state index contributed by atoms with van der Waals surface area (Å²) in [6.45, 7) is 5.82. The van der Waals surface area contributed by atoms with Gasteiger partial charge in [0.1, 0.15) is 0 Å². The van der Waals surface area contributed by atoms with Crippen molar-refractivity contribution in [2.45, 2.75) is 39.2 Å². The van der Waals surface area contributed by atoms with Gasteiger partial charge in [-0.3, -0.25) is 0 Å². The molecule has 0 aromatic carbocycles. The maximum Gasteiger partial charge on any atom is 0.00685 e. The number of hydrogen-bond donors (Lipinski definition) is 1. The lowest BCUT2D eigenvalue weighted by molar-refractivity contribution is 0.636. The molecule has 0 aromatic heterocycles. The summed E-state index contributed by atoms with van der Waals surface area (Å²) in [4.78, 5) is 0. The largest absolute Gasteiger partial charge is 0.313 e. The Labute approximate surface area is 80.7 Å². The van der Waals surface area contributed by atoms with Gasteiger partial charge in [-0.1, -0.05) is 20.3 Å². The van der Waals surface area contributed by atoms with Crippen LogP contribution in [0.1, 0.15) is 33.1 Å². The van der Waals surface area contributed by atoms with Crippen molar-refractivity contribution in [1.82, 2.24) is 5.32 Å². The van der Waals surface area contributed by atoms with Crippen molar-refractivity contribution >= 4 is 11.8 Å². The van der Waals surface area contributed by atoms with E-state index in [-0.39, 0.29) is 0 Å². The Morgan fingerprint density at radius 2 is 2.25 bits per heavy atom. The molecule has 1 aliphatic carbocycles. The van der Waals surface area contributed by atoms with Gasteiger partial charge in [-0.15, -0.1) is 0 Å². The molecule has 1 fully saturated rings. The van der Waals surface area contributed by atoms with E-state index in [4.69, 9.17) is 0 Å². The second kappa shape index (κ2) is 5.87. The van der Waals surface area contributed by atoms with Gasteiger partial charge in [-0.2, -0.15) is 11.8 Å². The lowest BCUT2D eigenvalue weighted by Gasteiger charge is -2.07. The molecule has 1 aliphatic rings. The molecule has 1 atom stereocenters. The van der Waals surface area contributed by atoms with Crippen LogP contribution in [-0.2, 0) is 0 Å². The van der Waals surface area contributed by atoms with E-state index in [9.17, 15) is 0 Å². The summed E-state index contributed by atoms with van der Waals surface area (Å²) in [6, 6.07) is 0.884. The SMILES string of the molecule is CCC(C)CSCCNC1CC1. The van der Waals surface area contributed by atoms with Crippen molar-refractivity contribution in [2.75, 3.05) is 18.1 Å². The zero-order chi connectivity index (χ0) is 8.81. The molecule has 72 valence electrons. The average molecular weight is 187 g/mol. The van der Waals surface area contributed by atoms with E-state index in [1.807, 2.05) is 0 Å². The Hall–Kier alpha value is 0.310. The third kappa shape index (κ3) is 5.04. The summed E-state index contributed by atoms with van der Waals surface area (Å²) in [5.74, 6) is 3.53. The highest BCUT2D eigenvalue weighted by Gasteiger charge is 2.19. The molecule has 0 heterocycles. The zero-order valence-corrected chi connectivity index (χ0v) is 9.12. The quantitative estimate of drug-likeness (QED) is 0.615. The van der Waals surface area contributed by atoms with Crippen LogP contribution in [0.2, 0.25) is 0 Å². The van der Waals surface area contributed by atoms with Crippen molar-refractivity contribution in [1.29, 1.82) is 0 Å². The molecule has 0 spiro atoms. The van der Waals surface area contributed by atoms with Gasteiger partial charge in [0, 0.05) is 18.3 Å². The van der Waals surface area contributed by atoms with E-state index in [1.165, 1.54) is 37.3 Å². The fourth-order valence-electron chi connectivity index (χ4n) is 1.03. The molecule has 0 aromatic rings. The van der Waals surface area contributed by atoms with Crippen LogP contribution in [0, 0.1) is 5.92 Å². The first-order valence-corrected chi connectivity index (χ1v) is 6.29. The van der Waals surface area contributed by atoms with E-state index < -0.39 is 0 Å². The predicted molar refractivity (Wildman–Crippen MR) is 57.8 cm³/mol. The topological polar surface area (TPSA) is 12.0 Å². The van der Waals surface area contributed by atoms with E-state index in [0.29, 0.717) is 0 Å². The first kappa shape index (κ1) is 10.4. The summed E-state index contributed by atoms with van der Waals surface area (Å²) in [5, 5.41) is 3.53. The van der Waals surface area contributed by atoms with Crippen LogP contribution in [0.5, 0.6) is 0 Å². The molecular weight excluding hydrogens is 166 g/mol. The lowest BCUT2D eigenvalue weighted by atomic mass is 10.2. The van der Waals surface area contributed by atoms with Crippen LogP contribution in [0.3, 0.4) is 0 Å². The summed E-state index contributed by atoms with van der Waals surface area (Å²) in [7, 11) is 0. The molecule has 0 amide bonds. The zero-order valence-electron chi connectivity index (χ0n) is 8.31. The molecule has 12 heavy (non-hydrogen) atoms. The normalized spacial score (nSPS) is 19.5. The highest BCUT2D eigenvalue weighted by molar-refractivity contribution is 7.99. The summed E-state index contributed by atoms with van der Waals surface area (Å²) >= 11 is 2.09. The second-order valence-corrected chi connectivity index (χ2v) is 4.97. The summed E-state index contributed by atoms with van der Waals surface area (Å²) in [5.41, 5.74) is 0. The fraction of sp³-hybridized carbons (Fsp3) is 1.00. The molecule has 1 nitrogen and oxygen atoms in total. The molecule has 1 unspecified atom stereocenters. The molecule has 0 aliphatic heterocycles. The fourth-order valence-corrected chi connectivity index (χ4v) is 2.09. The summed E-state index contributed by atoms with van der Waals surface area (Å²) in [6.07, 6.45) is 4.15. The standard InChI is InChI=1S/C10H21NS/c1-3-9(2)8-12-7-6-11-10-4-5-10/h9-11H,3-8H2,1-2H3. The molecular formula is C10H21NS. The van der Waals surface area contributed by atoms with Gasteiger partial charge < -0.3 is 5.32 Å². The Kier molecular flexibility index (Phi) is 5.08. The van der Waals surface area contributed by atoms with Crippen molar-refractivity contribution in [2.24, 2.45) is 5.92 Å². The van der Waals surface area contributed by atoms with E-state index in [1.54, 1.807) is 0 Å². The Balaban J connectivity index is 1.75. The third-order valence-electron chi connectivity index (χ3n) is 2.36. The second-order valence-electron chi connectivity index (χ2n) is 3.82. The minimum atomic E-state index is 0.884. The van der Waals surface area contributed by atoms with Crippen LogP contribution in [0.4, 0.5) is 0 Å². The third-order valence-corrected chi connectivity index (χ3v) is 3.65. The van der Waals surface area contributed by atoms with E-state index in [2.05, 4.69) is 30.9 Å². The van der Waals surface area contributed by atoms with Crippen LogP contribution in [0.15, 0.2) is 0 Å². The number of nitrogens with one attached hydrogen (secondary N) is 1. The highest BCUT2D eigenvalue weighted by Crippen LogP contribution is 2.18. The van der Waals surface area contributed by atoms with Crippen LogP contribution >= 0.6 is 11.8 Å². The highest BCUT2D eigenvalue weighted by atomic mass is 32.2. The van der Waals surface area contributed by atoms with Gasteiger partial charge in [0.2, 0.25) is 0 Å². The van der Waals surface area contributed by atoms with Crippen LogP contribution < -0.4 is 5.32 Å². The smallest absolute Gasteiger partial charge is 0.00685 e. The molecule has 1 saturated carbocycles. The van der Waals surface area contributed by atoms with Gasteiger partial charge in [-0.05, 0) is 24.5 Å². The Bertz CT molecular complexity index is 112. The van der Waals surface area contributed by atoms with Crippen molar-refractivity contribution < 1.29 is 0 Å². The predicted octanol–water partition coefficient (Wildman–Crippen LogP) is 2.52. The molecule has 0 bridgehead atoms. The van der Waals surface area contributed by atoms with Crippen molar-refractivity contribution in [3.05, 3.63) is 0 Å². The molecule has 0 radical (unpaired) electrons. The first-order valence-electron chi connectivity index (χ1n) is 5.14. The molecule has 0 saturated heterocycles. The Morgan fingerprint density at radius 1 is 1.50 bits per heavy atom. The minimum absolute atomic E-state index is 0.884. The maximum absolute atomic E-state index is 3.53. The van der Waals surface area contributed by atoms with E-state index >= 15 is 0 Å². The Morgan fingerprint density at radius 3 is 2.83 bits per heavy atom. The lowest BCUT2D eigenvalue weighted by Crippen LogP contribution is -2.19. The van der Waals surface area contributed by atoms with Crippen LogP contribution in [0.25, 0.3) is 0 Å². The van der Waals surface area contributed by atoms with Crippen molar-refractivity contribution in [3.8, 4) is 0 Å². The average Bonchev–Trinajstić information content (AvgIpc) is 2.87. The van der Waals surface area contributed by atoms with Gasteiger partial charge in [0.25, 0.3) is 0 Å². The summed E-state index contributed by atoms with van der Waals surface area (Å²) < 4.78 is 0. The van der Waals surface area contributed by atoms with E-state index in [0.717, 1.165) is 12.0 Å². The minimum Gasteiger partial charge on any atom is -0.313 e. The number of thioether (sulfide) groups is 1. The van der Waals surface area contributed by atoms with Gasteiger partial charge in [0.15, 0.2) is 0 Å². The molecule has 2 heteroatoms. The maximum atomic E-state index is 3.53. The monoisotopic (exact) mass is 187 g/mol. The van der Waals surface area contributed by atoms with Crippen molar-refractivity contribution in [3.63, 3.8) is 0 Å². The number of rotatable bonds is 7.